The first kappa shape index (κ1) is 40.2. The van der Waals surface area contributed by atoms with Crippen molar-refractivity contribution in [3.05, 3.63) is 70.8 Å². The molecule has 4 nitrogen and oxygen atoms in total. The van der Waals surface area contributed by atoms with Gasteiger partial charge in [-0.2, -0.15) is 0 Å². The van der Waals surface area contributed by atoms with Crippen LogP contribution in [0, 0.1) is 11.8 Å². The van der Waals surface area contributed by atoms with E-state index in [-0.39, 0.29) is 11.9 Å². The molecular weight excluding hydrogens is 617 g/mol. The topological polar surface area (TPSA) is 52.6 Å². The maximum atomic E-state index is 13.0. The van der Waals surface area contributed by atoms with Crippen molar-refractivity contribution >= 4 is 11.9 Å². The van der Waals surface area contributed by atoms with Gasteiger partial charge in [-0.15, -0.1) is 0 Å². The smallest absolute Gasteiger partial charge is 0.338 e. The molecule has 2 aromatic carbocycles. The summed E-state index contributed by atoms with van der Waals surface area (Å²) in [5.41, 5.74) is 3.75. The van der Waals surface area contributed by atoms with Crippen molar-refractivity contribution in [2.75, 3.05) is 0 Å². The molecule has 0 radical (unpaired) electrons. The molecule has 0 saturated heterocycles. The number of ether oxygens (including phenoxy) is 2. The number of carbonyl (C=O) groups excluding carboxylic acids is 2. The van der Waals surface area contributed by atoms with E-state index in [0.717, 1.165) is 11.8 Å². The fourth-order valence-corrected chi connectivity index (χ4v) is 8.44. The van der Waals surface area contributed by atoms with Crippen LogP contribution < -0.4 is 0 Å². The SMILES string of the molecule is CCCCCCCCC1CCC(c2ccc(C(=O)OC(C)C(C)OC(=O)c3ccc(C4CCC(CCCCCCCC)CC4)cc3)cc2)CC1. The van der Waals surface area contributed by atoms with Crippen LogP contribution in [-0.2, 0) is 9.47 Å². The highest BCUT2D eigenvalue weighted by Gasteiger charge is 2.26. The lowest BCUT2D eigenvalue weighted by atomic mass is 9.77. The van der Waals surface area contributed by atoms with Crippen LogP contribution in [0.3, 0.4) is 0 Å². The lowest BCUT2D eigenvalue weighted by molar-refractivity contribution is -0.0239. The first-order valence-electron chi connectivity index (χ1n) is 21.0. The second-order valence-electron chi connectivity index (χ2n) is 16.0. The number of unbranched alkanes of at least 4 members (excludes halogenated alkanes) is 10. The average Bonchev–Trinajstić information content (AvgIpc) is 3.15. The van der Waals surface area contributed by atoms with Gasteiger partial charge in [-0.1, -0.05) is 128 Å². The maximum absolute atomic E-state index is 13.0. The summed E-state index contributed by atoms with van der Waals surface area (Å²) in [5.74, 6) is 2.20. The largest absolute Gasteiger partial charge is 0.455 e. The minimum atomic E-state index is -0.557. The Morgan fingerprint density at radius 3 is 1.16 bits per heavy atom. The third-order valence-electron chi connectivity index (χ3n) is 12.1. The van der Waals surface area contributed by atoms with Gasteiger partial charge in [0, 0.05) is 0 Å². The Morgan fingerprint density at radius 1 is 0.500 bits per heavy atom. The Labute approximate surface area is 305 Å². The molecule has 2 aromatic rings. The highest BCUT2D eigenvalue weighted by Crippen LogP contribution is 2.39. The van der Waals surface area contributed by atoms with Crippen LogP contribution in [0.15, 0.2) is 48.5 Å². The average molecular weight is 687 g/mol. The molecular formula is C46H70O4. The zero-order valence-corrected chi connectivity index (χ0v) is 32.3. The van der Waals surface area contributed by atoms with Crippen molar-refractivity contribution in [2.45, 2.75) is 193 Å². The normalized spacial score (nSPS) is 22.1. The van der Waals surface area contributed by atoms with Crippen molar-refractivity contribution in [1.29, 1.82) is 0 Å². The molecule has 2 aliphatic carbocycles. The Morgan fingerprint density at radius 2 is 0.820 bits per heavy atom. The van der Waals surface area contributed by atoms with Crippen molar-refractivity contribution in [3.63, 3.8) is 0 Å². The zero-order valence-electron chi connectivity index (χ0n) is 32.3. The fraction of sp³-hybridized carbons (Fsp3) is 0.696. The van der Waals surface area contributed by atoms with E-state index in [1.807, 2.05) is 24.3 Å². The van der Waals surface area contributed by atoms with Gasteiger partial charge in [0.15, 0.2) is 0 Å². The van der Waals surface area contributed by atoms with Gasteiger partial charge in [-0.05, 0) is 124 Å². The molecule has 278 valence electrons. The van der Waals surface area contributed by atoms with Crippen LogP contribution in [0.4, 0.5) is 0 Å². The van der Waals surface area contributed by atoms with Crippen molar-refractivity contribution in [2.24, 2.45) is 11.8 Å². The standard InChI is InChI=1S/C46H70O4/c1-5-7-9-11-13-15-17-37-19-23-39(24-20-37)41-27-31-43(32-28-41)45(47)49-35(3)36(4)50-46(48)44-33-29-42(30-34-44)40-25-21-38(22-26-40)18-16-14-12-10-8-6-2/h27-40H,5-26H2,1-4H3. The number of benzene rings is 2. The van der Waals surface area contributed by atoms with Gasteiger partial charge in [0.05, 0.1) is 11.1 Å². The van der Waals surface area contributed by atoms with Crippen LogP contribution in [0.5, 0.6) is 0 Å². The summed E-state index contributed by atoms with van der Waals surface area (Å²) >= 11 is 0. The van der Waals surface area contributed by atoms with E-state index in [0.29, 0.717) is 23.0 Å². The van der Waals surface area contributed by atoms with Crippen molar-refractivity contribution in [3.8, 4) is 0 Å². The fourth-order valence-electron chi connectivity index (χ4n) is 8.44. The summed E-state index contributed by atoms with van der Waals surface area (Å²) in [4.78, 5) is 25.9. The highest BCUT2D eigenvalue weighted by atomic mass is 16.6. The Hall–Kier alpha value is -2.62. The van der Waals surface area contributed by atoms with E-state index in [2.05, 4.69) is 38.1 Å². The summed E-state index contributed by atoms with van der Waals surface area (Å²) in [6, 6.07) is 16.0. The van der Waals surface area contributed by atoms with Gasteiger partial charge in [0.1, 0.15) is 12.2 Å². The molecule has 0 amide bonds. The number of esters is 2. The molecule has 2 unspecified atom stereocenters. The third kappa shape index (κ3) is 13.5. The zero-order chi connectivity index (χ0) is 35.6. The molecule has 2 atom stereocenters. The van der Waals surface area contributed by atoms with Crippen LogP contribution >= 0.6 is 0 Å². The molecule has 0 bridgehead atoms. The molecule has 2 saturated carbocycles. The van der Waals surface area contributed by atoms with E-state index in [1.165, 1.54) is 152 Å². The monoisotopic (exact) mass is 687 g/mol. The molecule has 0 heterocycles. The minimum absolute atomic E-state index is 0.374. The maximum Gasteiger partial charge on any atom is 0.338 e. The van der Waals surface area contributed by atoms with Gasteiger partial charge >= 0.3 is 11.9 Å². The molecule has 0 aromatic heterocycles. The lowest BCUT2D eigenvalue weighted by Gasteiger charge is -2.29. The molecule has 0 spiro atoms. The molecule has 2 fully saturated rings. The molecule has 0 aliphatic heterocycles. The first-order chi connectivity index (χ1) is 24.4. The van der Waals surface area contributed by atoms with E-state index in [1.54, 1.807) is 13.8 Å². The Bertz CT molecular complexity index is 1120. The van der Waals surface area contributed by atoms with Crippen LogP contribution in [-0.4, -0.2) is 24.1 Å². The predicted molar refractivity (Wildman–Crippen MR) is 208 cm³/mol. The van der Waals surface area contributed by atoms with Gasteiger partial charge < -0.3 is 9.47 Å². The second kappa shape index (κ2) is 22.3. The van der Waals surface area contributed by atoms with Crippen LogP contribution in [0.2, 0.25) is 0 Å². The quantitative estimate of drug-likeness (QED) is 0.0969. The first-order valence-corrected chi connectivity index (χ1v) is 21.0. The van der Waals surface area contributed by atoms with Crippen LogP contribution in [0.1, 0.15) is 213 Å². The van der Waals surface area contributed by atoms with Gasteiger partial charge in [-0.25, -0.2) is 9.59 Å². The minimum Gasteiger partial charge on any atom is -0.455 e. The third-order valence-corrected chi connectivity index (χ3v) is 12.1. The van der Waals surface area contributed by atoms with E-state index < -0.39 is 12.2 Å². The molecule has 50 heavy (non-hydrogen) atoms. The van der Waals surface area contributed by atoms with Crippen molar-refractivity contribution < 1.29 is 19.1 Å². The number of rotatable bonds is 21. The molecule has 4 heteroatoms. The van der Waals surface area contributed by atoms with Gasteiger partial charge in [0.25, 0.3) is 0 Å². The highest BCUT2D eigenvalue weighted by molar-refractivity contribution is 5.90. The summed E-state index contributed by atoms with van der Waals surface area (Å²) in [6.45, 7) is 8.14. The number of hydrogen-bond acceptors (Lipinski definition) is 4. The summed E-state index contributed by atoms with van der Waals surface area (Å²) < 4.78 is 11.5. The van der Waals surface area contributed by atoms with E-state index in [4.69, 9.17) is 9.47 Å². The number of hydrogen-bond donors (Lipinski definition) is 0. The Balaban J connectivity index is 1.13. The van der Waals surface area contributed by atoms with Gasteiger partial charge in [-0.3, -0.25) is 0 Å². The summed E-state index contributed by atoms with van der Waals surface area (Å²) in [5, 5.41) is 0. The lowest BCUT2D eigenvalue weighted by Crippen LogP contribution is -2.30. The summed E-state index contributed by atoms with van der Waals surface area (Å²) in [7, 11) is 0. The van der Waals surface area contributed by atoms with Gasteiger partial charge in [0.2, 0.25) is 0 Å². The van der Waals surface area contributed by atoms with E-state index >= 15 is 0 Å². The number of carbonyl (C=O) groups is 2. The van der Waals surface area contributed by atoms with E-state index in [9.17, 15) is 9.59 Å². The Kier molecular flexibility index (Phi) is 17.9. The second-order valence-corrected chi connectivity index (χ2v) is 16.0. The summed E-state index contributed by atoms with van der Waals surface area (Å²) in [6.07, 6.45) is 28.5. The molecule has 2 aliphatic rings. The molecule has 0 N–H and O–H groups in total. The van der Waals surface area contributed by atoms with Crippen molar-refractivity contribution in [1.82, 2.24) is 0 Å². The predicted octanol–water partition coefficient (Wildman–Crippen LogP) is 13.5. The van der Waals surface area contributed by atoms with Crippen LogP contribution in [0.25, 0.3) is 0 Å². The molecule has 4 rings (SSSR count).